The van der Waals surface area contributed by atoms with Crippen molar-refractivity contribution in [2.75, 3.05) is 13.6 Å². The van der Waals surface area contributed by atoms with E-state index in [-0.39, 0.29) is 0 Å². The quantitative estimate of drug-likeness (QED) is 0.832. The minimum atomic E-state index is 0.465. The number of likely N-dealkylation sites (N-methyl/N-ethyl adjacent to an activating group) is 1. The van der Waals surface area contributed by atoms with Gasteiger partial charge < -0.3 is 15.1 Å². The van der Waals surface area contributed by atoms with E-state index in [2.05, 4.69) is 33.5 Å². The van der Waals surface area contributed by atoms with E-state index in [0.717, 1.165) is 23.3 Å². The van der Waals surface area contributed by atoms with Gasteiger partial charge in [0.2, 0.25) is 0 Å². The van der Waals surface area contributed by atoms with Crippen LogP contribution in [-0.4, -0.2) is 19.6 Å². The molecule has 0 fully saturated rings. The Labute approximate surface area is 87.0 Å². The van der Waals surface area contributed by atoms with Gasteiger partial charge in [0.25, 0.3) is 0 Å². The molecule has 0 bridgehead atoms. The maximum Gasteiger partial charge on any atom is 0.173 e. The highest BCUT2D eigenvalue weighted by molar-refractivity contribution is 9.10. The first kappa shape index (κ1) is 10.8. The summed E-state index contributed by atoms with van der Waals surface area (Å²) in [5, 5.41) is 6.49. The van der Waals surface area contributed by atoms with Crippen molar-refractivity contribution in [3.8, 4) is 0 Å². The van der Waals surface area contributed by atoms with Crippen LogP contribution in [0.2, 0.25) is 0 Å². The van der Waals surface area contributed by atoms with Gasteiger partial charge >= 0.3 is 0 Å². The number of hydrogen-bond donors (Lipinski definition) is 2. The summed E-state index contributed by atoms with van der Waals surface area (Å²) in [5.74, 6) is 0. The van der Waals surface area contributed by atoms with E-state index in [1.165, 1.54) is 0 Å². The van der Waals surface area contributed by atoms with E-state index in [4.69, 9.17) is 4.42 Å². The normalized spacial score (nSPS) is 13.2. The molecule has 0 radical (unpaired) electrons. The van der Waals surface area contributed by atoms with Crippen LogP contribution in [0.5, 0.6) is 0 Å². The Morgan fingerprint density at radius 2 is 2.38 bits per heavy atom. The van der Waals surface area contributed by atoms with E-state index in [1.54, 1.807) is 6.26 Å². The summed E-state index contributed by atoms with van der Waals surface area (Å²) in [6, 6.07) is 2.43. The Morgan fingerprint density at radius 1 is 1.62 bits per heavy atom. The molecular formula is C9H15BrN2O. The predicted molar refractivity (Wildman–Crippen MR) is 56.6 cm³/mol. The standard InChI is InChI=1S/C9H15BrN2O/c1-7(5-11-2)12-6-8-3-4-13-9(8)10/h3-4,7,11-12H,5-6H2,1-2H3. The molecule has 1 aromatic heterocycles. The van der Waals surface area contributed by atoms with Crippen LogP contribution in [0.1, 0.15) is 12.5 Å². The second kappa shape index (κ2) is 5.42. The fraction of sp³-hybridized carbons (Fsp3) is 0.556. The maximum absolute atomic E-state index is 5.12. The number of nitrogens with one attached hydrogen (secondary N) is 2. The molecule has 1 rings (SSSR count). The molecule has 0 amide bonds. The number of hydrogen-bond acceptors (Lipinski definition) is 3. The lowest BCUT2D eigenvalue weighted by Gasteiger charge is -2.11. The summed E-state index contributed by atoms with van der Waals surface area (Å²) < 4.78 is 5.93. The van der Waals surface area contributed by atoms with Crippen LogP contribution in [0.4, 0.5) is 0 Å². The van der Waals surface area contributed by atoms with Crippen LogP contribution < -0.4 is 10.6 Å². The fourth-order valence-electron chi connectivity index (χ4n) is 1.11. The highest BCUT2D eigenvalue weighted by atomic mass is 79.9. The summed E-state index contributed by atoms with van der Waals surface area (Å²) in [4.78, 5) is 0. The van der Waals surface area contributed by atoms with E-state index in [1.807, 2.05) is 13.1 Å². The SMILES string of the molecule is CNCC(C)NCc1ccoc1Br. The fourth-order valence-corrected chi connectivity index (χ4v) is 1.49. The second-order valence-electron chi connectivity index (χ2n) is 3.06. The summed E-state index contributed by atoms with van der Waals surface area (Å²) in [6.45, 7) is 3.94. The van der Waals surface area contributed by atoms with Crippen molar-refractivity contribution in [1.82, 2.24) is 10.6 Å². The smallest absolute Gasteiger partial charge is 0.173 e. The van der Waals surface area contributed by atoms with Crippen LogP contribution in [0.3, 0.4) is 0 Å². The van der Waals surface area contributed by atoms with Crippen LogP contribution in [0, 0.1) is 0 Å². The number of halogens is 1. The van der Waals surface area contributed by atoms with Crippen LogP contribution in [0.25, 0.3) is 0 Å². The van der Waals surface area contributed by atoms with Crippen LogP contribution in [0.15, 0.2) is 21.4 Å². The molecule has 3 nitrogen and oxygen atoms in total. The maximum atomic E-state index is 5.12. The van der Waals surface area contributed by atoms with Gasteiger partial charge in [-0.3, -0.25) is 0 Å². The average Bonchev–Trinajstić information content (AvgIpc) is 2.48. The molecule has 1 unspecified atom stereocenters. The van der Waals surface area contributed by atoms with Gasteiger partial charge in [-0.25, -0.2) is 0 Å². The topological polar surface area (TPSA) is 37.2 Å². The Bertz CT molecular complexity index is 250. The summed E-state index contributed by atoms with van der Waals surface area (Å²) in [5.41, 5.74) is 1.16. The molecule has 0 saturated carbocycles. The number of furan rings is 1. The molecular weight excluding hydrogens is 232 g/mol. The molecule has 74 valence electrons. The largest absolute Gasteiger partial charge is 0.457 e. The summed E-state index contributed by atoms with van der Waals surface area (Å²) >= 11 is 3.33. The lowest BCUT2D eigenvalue weighted by Crippen LogP contribution is -2.34. The first-order chi connectivity index (χ1) is 6.24. The molecule has 0 aliphatic heterocycles. The van der Waals surface area contributed by atoms with Crippen molar-refractivity contribution in [3.63, 3.8) is 0 Å². The number of rotatable bonds is 5. The average molecular weight is 247 g/mol. The van der Waals surface area contributed by atoms with Gasteiger partial charge in [0, 0.05) is 24.7 Å². The van der Waals surface area contributed by atoms with Crippen molar-refractivity contribution < 1.29 is 4.42 Å². The second-order valence-corrected chi connectivity index (χ2v) is 3.78. The lowest BCUT2D eigenvalue weighted by atomic mass is 10.3. The molecule has 0 saturated heterocycles. The van der Waals surface area contributed by atoms with Gasteiger partial charge in [-0.15, -0.1) is 0 Å². The van der Waals surface area contributed by atoms with Crippen LogP contribution in [-0.2, 0) is 6.54 Å². The van der Waals surface area contributed by atoms with Crippen LogP contribution >= 0.6 is 15.9 Å². The molecule has 0 aliphatic carbocycles. The van der Waals surface area contributed by atoms with Crippen molar-refractivity contribution in [1.29, 1.82) is 0 Å². The molecule has 1 atom stereocenters. The molecule has 0 spiro atoms. The first-order valence-electron chi connectivity index (χ1n) is 4.34. The van der Waals surface area contributed by atoms with Crippen molar-refractivity contribution in [2.45, 2.75) is 19.5 Å². The van der Waals surface area contributed by atoms with Gasteiger partial charge in [-0.2, -0.15) is 0 Å². The Balaban J connectivity index is 2.30. The Kier molecular flexibility index (Phi) is 4.48. The van der Waals surface area contributed by atoms with Crippen molar-refractivity contribution in [2.24, 2.45) is 0 Å². The zero-order chi connectivity index (χ0) is 9.68. The molecule has 13 heavy (non-hydrogen) atoms. The van der Waals surface area contributed by atoms with E-state index in [0.29, 0.717) is 6.04 Å². The lowest BCUT2D eigenvalue weighted by molar-refractivity contribution is 0.507. The van der Waals surface area contributed by atoms with Crippen molar-refractivity contribution in [3.05, 3.63) is 22.6 Å². The van der Waals surface area contributed by atoms with E-state index < -0.39 is 0 Å². The molecule has 0 aliphatic rings. The van der Waals surface area contributed by atoms with Gasteiger partial charge in [0.05, 0.1) is 6.26 Å². The summed E-state index contributed by atoms with van der Waals surface area (Å²) in [7, 11) is 1.95. The van der Waals surface area contributed by atoms with Crippen molar-refractivity contribution >= 4 is 15.9 Å². The van der Waals surface area contributed by atoms with Gasteiger partial charge in [0.1, 0.15) is 0 Å². The molecule has 1 heterocycles. The molecule has 2 N–H and O–H groups in total. The summed E-state index contributed by atoms with van der Waals surface area (Å²) in [6.07, 6.45) is 1.68. The monoisotopic (exact) mass is 246 g/mol. The predicted octanol–water partition coefficient (Wildman–Crippen LogP) is 1.74. The molecule has 4 heteroatoms. The van der Waals surface area contributed by atoms with Gasteiger partial charge in [-0.1, -0.05) is 0 Å². The zero-order valence-corrected chi connectivity index (χ0v) is 9.52. The highest BCUT2D eigenvalue weighted by Gasteiger charge is 2.04. The first-order valence-corrected chi connectivity index (χ1v) is 5.13. The minimum absolute atomic E-state index is 0.465. The third-order valence-corrected chi connectivity index (χ3v) is 2.54. The minimum Gasteiger partial charge on any atom is -0.457 e. The highest BCUT2D eigenvalue weighted by Crippen LogP contribution is 2.16. The molecule has 1 aromatic rings. The Morgan fingerprint density at radius 3 is 2.92 bits per heavy atom. The van der Waals surface area contributed by atoms with E-state index in [9.17, 15) is 0 Å². The third-order valence-electron chi connectivity index (χ3n) is 1.84. The van der Waals surface area contributed by atoms with E-state index >= 15 is 0 Å². The third kappa shape index (κ3) is 3.50. The zero-order valence-electron chi connectivity index (χ0n) is 7.93. The molecule has 0 aromatic carbocycles. The Hall–Kier alpha value is -0.320. The van der Waals surface area contributed by atoms with Gasteiger partial charge in [0.15, 0.2) is 4.67 Å². The van der Waals surface area contributed by atoms with Gasteiger partial charge in [-0.05, 0) is 36.0 Å².